The molecule has 0 aliphatic carbocycles. The standard InChI is InChI=1S/C19H33N5O2S2/c1-4-23(18-7-5-6-17(2)16-18)10-8-21-19(20-3)22-9-15-28(25,26)24-11-13-27-14-12-24/h5-7,16H,4,8-15H2,1-3H3,(H2,20,21,22). The summed E-state index contributed by atoms with van der Waals surface area (Å²) in [5.41, 5.74) is 2.45. The number of aryl methyl sites for hydroxylation is 1. The fourth-order valence-electron chi connectivity index (χ4n) is 3.08. The van der Waals surface area contributed by atoms with Gasteiger partial charge in [-0.2, -0.15) is 11.8 Å². The zero-order valence-electron chi connectivity index (χ0n) is 17.1. The molecule has 0 aromatic heterocycles. The van der Waals surface area contributed by atoms with Gasteiger partial charge in [-0.3, -0.25) is 4.99 Å². The van der Waals surface area contributed by atoms with Crippen LogP contribution in [0.1, 0.15) is 12.5 Å². The van der Waals surface area contributed by atoms with Gasteiger partial charge in [0.2, 0.25) is 10.0 Å². The van der Waals surface area contributed by atoms with Crippen molar-refractivity contribution in [1.82, 2.24) is 14.9 Å². The van der Waals surface area contributed by atoms with Gasteiger partial charge in [-0.25, -0.2) is 12.7 Å². The molecule has 0 radical (unpaired) electrons. The lowest BCUT2D eigenvalue weighted by atomic mass is 10.2. The molecule has 158 valence electrons. The van der Waals surface area contributed by atoms with E-state index < -0.39 is 10.0 Å². The summed E-state index contributed by atoms with van der Waals surface area (Å²) in [6, 6.07) is 8.47. The summed E-state index contributed by atoms with van der Waals surface area (Å²) < 4.78 is 26.4. The summed E-state index contributed by atoms with van der Waals surface area (Å²) >= 11 is 1.80. The van der Waals surface area contributed by atoms with E-state index in [2.05, 4.69) is 58.6 Å². The second-order valence-electron chi connectivity index (χ2n) is 6.67. The minimum atomic E-state index is -3.20. The number of guanidine groups is 1. The Morgan fingerprint density at radius 2 is 1.96 bits per heavy atom. The van der Waals surface area contributed by atoms with Crippen molar-refractivity contribution in [3.8, 4) is 0 Å². The second-order valence-corrected chi connectivity index (χ2v) is 9.99. The van der Waals surface area contributed by atoms with Crippen molar-refractivity contribution >= 4 is 33.4 Å². The first-order valence-corrected chi connectivity index (χ1v) is 12.5. The molecular weight excluding hydrogens is 394 g/mol. The molecule has 0 bridgehead atoms. The average molecular weight is 428 g/mol. The third-order valence-corrected chi connectivity index (χ3v) is 7.48. The molecule has 0 unspecified atom stereocenters. The van der Waals surface area contributed by atoms with E-state index in [-0.39, 0.29) is 5.75 Å². The molecule has 1 aliphatic rings. The van der Waals surface area contributed by atoms with Gasteiger partial charge in [-0.15, -0.1) is 0 Å². The van der Waals surface area contributed by atoms with Crippen LogP contribution in [0.3, 0.4) is 0 Å². The maximum Gasteiger partial charge on any atom is 0.215 e. The first-order chi connectivity index (χ1) is 13.5. The summed E-state index contributed by atoms with van der Waals surface area (Å²) in [7, 11) is -1.50. The molecule has 0 amide bonds. The Bertz CT molecular complexity index is 734. The van der Waals surface area contributed by atoms with Crippen molar-refractivity contribution in [2.24, 2.45) is 4.99 Å². The summed E-state index contributed by atoms with van der Waals surface area (Å²) in [5.74, 6) is 2.47. The molecule has 0 spiro atoms. The Balaban J connectivity index is 1.75. The Morgan fingerprint density at radius 1 is 1.25 bits per heavy atom. The van der Waals surface area contributed by atoms with Crippen molar-refractivity contribution in [2.75, 3.05) is 68.5 Å². The first-order valence-electron chi connectivity index (χ1n) is 9.78. The predicted octanol–water partition coefficient (Wildman–Crippen LogP) is 1.36. The number of hydrogen-bond acceptors (Lipinski definition) is 5. The maximum atomic E-state index is 12.4. The third-order valence-electron chi connectivity index (χ3n) is 4.66. The average Bonchev–Trinajstić information content (AvgIpc) is 2.70. The summed E-state index contributed by atoms with van der Waals surface area (Å²) in [4.78, 5) is 6.49. The number of thioether (sulfide) groups is 1. The SMILES string of the molecule is CCN(CCNC(=NC)NCCS(=O)(=O)N1CCSCC1)c1cccc(C)c1. The fraction of sp³-hybridized carbons (Fsp3) is 0.632. The highest BCUT2D eigenvalue weighted by atomic mass is 32.2. The lowest BCUT2D eigenvalue weighted by Gasteiger charge is -2.26. The van der Waals surface area contributed by atoms with E-state index in [0.29, 0.717) is 25.6 Å². The quantitative estimate of drug-likeness (QED) is 0.458. The van der Waals surface area contributed by atoms with Crippen LogP contribution in [0.4, 0.5) is 5.69 Å². The van der Waals surface area contributed by atoms with Gasteiger partial charge in [-0.1, -0.05) is 12.1 Å². The zero-order chi connectivity index (χ0) is 20.4. The van der Waals surface area contributed by atoms with E-state index in [1.165, 1.54) is 11.3 Å². The molecule has 1 aromatic carbocycles. The van der Waals surface area contributed by atoms with Gasteiger partial charge in [0.05, 0.1) is 5.75 Å². The molecule has 1 heterocycles. The molecule has 7 nitrogen and oxygen atoms in total. The normalized spacial score (nSPS) is 16.0. The highest BCUT2D eigenvalue weighted by molar-refractivity contribution is 7.99. The summed E-state index contributed by atoms with van der Waals surface area (Å²) in [6.07, 6.45) is 0. The van der Waals surface area contributed by atoms with Crippen LogP contribution in [0.25, 0.3) is 0 Å². The number of nitrogens with one attached hydrogen (secondary N) is 2. The monoisotopic (exact) mass is 427 g/mol. The molecule has 2 rings (SSSR count). The van der Waals surface area contributed by atoms with E-state index in [4.69, 9.17) is 0 Å². The Kier molecular flexibility index (Phi) is 9.40. The highest BCUT2D eigenvalue weighted by Gasteiger charge is 2.23. The van der Waals surface area contributed by atoms with Gasteiger partial charge in [0.1, 0.15) is 0 Å². The number of rotatable bonds is 9. The molecule has 28 heavy (non-hydrogen) atoms. The summed E-state index contributed by atoms with van der Waals surface area (Å²) in [5, 5.41) is 6.38. The maximum absolute atomic E-state index is 12.4. The highest BCUT2D eigenvalue weighted by Crippen LogP contribution is 2.15. The van der Waals surface area contributed by atoms with E-state index >= 15 is 0 Å². The topological polar surface area (TPSA) is 77.0 Å². The molecule has 9 heteroatoms. The van der Waals surface area contributed by atoms with Crippen LogP contribution in [0.15, 0.2) is 29.3 Å². The van der Waals surface area contributed by atoms with Crippen molar-refractivity contribution in [2.45, 2.75) is 13.8 Å². The van der Waals surface area contributed by atoms with E-state index in [1.807, 2.05) is 0 Å². The molecule has 0 atom stereocenters. The van der Waals surface area contributed by atoms with Gasteiger partial charge in [-0.05, 0) is 31.5 Å². The Labute approximate surface area is 174 Å². The molecule has 0 saturated carbocycles. The number of sulfonamides is 1. The number of aliphatic imine (C=N–C) groups is 1. The van der Waals surface area contributed by atoms with Gasteiger partial charge in [0.25, 0.3) is 0 Å². The van der Waals surface area contributed by atoms with Crippen LogP contribution in [0.2, 0.25) is 0 Å². The molecular formula is C19H33N5O2S2. The molecule has 1 saturated heterocycles. The van der Waals surface area contributed by atoms with E-state index in [9.17, 15) is 8.42 Å². The van der Waals surface area contributed by atoms with Crippen LogP contribution in [-0.2, 0) is 10.0 Å². The number of hydrogen-bond donors (Lipinski definition) is 2. The van der Waals surface area contributed by atoms with Crippen LogP contribution >= 0.6 is 11.8 Å². The Morgan fingerprint density at radius 3 is 2.61 bits per heavy atom. The predicted molar refractivity (Wildman–Crippen MR) is 121 cm³/mol. The van der Waals surface area contributed by atoms with Crippen LogP contribution < -0.4 is 15.5 Å². The number of benzene rings is 1. The summed E-state index contributed by atoms with van der Waals surface area (Å²) in [6.45, 7) is 8.29. The minimum absolute atomic E-state index is 0.0861. The number of nitrogens with zero attached hydrogens (tertiary/aromatic N) is 3. The van der Waals surface area contributed by atoms with E-state index in [1.54, 1.807) is 23.1 Å². The largest absolute Gasteiger partial charge is 0.370 e. The van der Waals surface area contributed by atoms with Crippen LogP contribution in [0.5, 0.6) is 0 Å². The third kappa shape index (κ3) is 7.18. The molecule has 1 fully saturated rings. The van der Waals surface area contributed by atoms with Crippen molar-refractivity contribution in [3.63, 3.8) is 0 Å². The molecule has 1 aromatic rings. The number of likely N-dealkylation sites (N-methyl/N-ethyl adjacent to an activating group) is 1. The zero-order valence-corrected chi connectivity index (χ0v) is 18.8. The van der Waals surface area contributed by atoms with Crippen LogP contribution in [0, 0.1) is 6.92 Å². The fourth-order valence-corrected chi connectivity index (χ4v) is 5.57. The van der Waals surface area contributed by atoms with E-state index in [0.717, 1.165) is 31.1 Å². The number of anilines is 1. The van der Waals surface area contributed by atoms with Crippen molar-refractivity contribution < 1.29 is 8.42 Å². The van der Waals surface area contributed by atoms with Gasteiger partial charge in [0.15, 0.2) is 5.96 Å². The lowest BCUT2D eigenvalue weighted by Crippen LogP contribution is -2.45. The Hall–Kier alpha value is -1.45. The smallest absolute Gasteiger partial charge is 0.215 e. The first kappa shape index (κ1) is 22.8. The minimum Gasteiger partial charge on any atom is -0.370 e. The van der Waals surface area contributed by atoms with Gasteiger partial charge in [0, 0.05) is 63.5 Å². The van der Waals surface area contributed by atoms with Crippen LogP contribution in [-0.4, -0.2) is 82.3 Å². The second kappa shape index (κ2) is 11.5. The molecule has 1 aliphatic heterocycles. The van der Waals surface area contributed by atoms with Crippen molar-refractivity contribution in [1.29, 1.82) is 0 Å². The molecule has 2 N–H and O–H groups in total. The van der Waals surface area contributed by atoms with Gasteiger partial charge < -0.3 is 15.5 Å². The van der Waals surface area contributed by atoms with Crippen molar-refractivity contribution in [3.05, 3.63) is 29.8 Å². The lowest BCUT2D eigenvalue weighted by molar-refractivity contribution is 0.443. The van der Waals surface area contributed by atoms with Gasteiger partial charge >= 0.3 is 0 Å².